The van der Waals surface area contributed by atoms with E-state index in [0.29, 0.717) is 12.0 Å². The SMILES string of the molecule is CC(C)N[C@@H](C(=O)N(C)CCN(C)C)C(C)C. The number of rotatable bonds is 7. The highest BCUT2D eigenvalue weighted by Gasteiger charge is 2.25. The summed E-state index contributed by atoms with van der Waals surface area (Å²) >= 11 is 0. The molecule has 0 aliphatic carbocycles. The van der Waals surface area contributed by atoms with Gasteiger partial charge in [-0.05, 0) is 20.0 Å². The summed E-state index contributed by atoms with van der Waals surface area (Å²) in [5.41, 5.74) is 0. The lowest BCUT2D eigenvalue weighted by Crippen LogP contribution is -2.51. The first-order valence-electron chi connectivity index (χ1n) is 6.41. The fourth-order valence-electron chi connectivity index (χ4n) is 1.61. The van der Waals surface area contributed by atoms with Crippen LogP contribution in [0, 0.1) is 5.92 Å². The molecular formula is C13H29N3O. The summed E-state index contributed by atoms with van der Waals surface area (Å²) in [4.78, 5) is 16.2. The second-order valence-electron chi connectivity index (χ2n) is 5.61. The van der Waals surface area contributed by atoms with E-state index < -0.39 is 0 Å². The van der Waals surface area contributed by atoms with Gasteiger partial charge in [0.05, 0.1) is 6.04 Å². The zero-order valence-electron chi connectivity index (χ0n) is 12.4. The van der Waals surface area contributed by atoms with E-state index in [2.05, 4.69) is 37.9 Å². The van der Waals surface area contributed by atoms with Crippen molar-refractivity contribution >= 4 is 5.91 Å². The molecule has 0 unspecified atom stereocenters. The maximum Gasteiger partial charge on any atom is 0.239 e. The number of hydrogen-bond donors (Lipinski definition) is 1. The Morgan fingerprint density at radius 2 is 1.59 bits per heavy atom. The van der Waals surface area contributed by atoms with Crippen LogP contribution < -0.4 is 5.32 Å². The molecule has 17 heavy (non-hydrogen) atoms. The van der Waals surface area contributed by atoms with Crippen molar-refractivity contribution in [2.75, 3.05) is 34.2 Å². The molecule has 0 aliphatic heterocycles. The summed E-state index contributed by atoms with van der Waals surface area (Å²) in [6, 6.07) is 0.246. The molecule has 1 amide bonds. The molecule has 0 saturated heterocycles. The van der Waals surface area contributed by atoms with Gasteiger partial charge in [0.25, 0.3) is 0 Å². The zero-order valence-corrected chi connectivity index (χ0v) is 12.4. The second-order valence-corrected chi connectivity index (χ2v) is 5.61. The van der Waals surface area contributed by atoms with E-state index in [1.165, 1.54) is 0 Å². The number of nitrogens with one attached hydrogen (secondary N) is 1. The van der Waals surface area contributed by atoms with Crippen molar-refractivity contribution < 1.29 is 4.79 Å². The van der Waals surface area contributed by atoms with Crippen molar-refractivity contribution in [3.63, 3.8) is 0 Å². The molecule has 0 aliphatic rings. The van der Waals surface area contributed by atoms with Crippen molar-refractivity contribution in [1.29, 1.82) is 0 Å². The van der Waals surface area contributed by atoms with Gasteiger partial charge < -0.3 is 15.1 Å². The van der Waals surface area contributed by atoms with Crippen LogP contribution in [0.4, 0.5) is 0 Å². The van der Waals surface area contributed by atoms with E-state index in [1.54, 1.807) is 0 Å². The topological polar surface area (TPSA) is 35.6 Å². The molecular weight excluding hydrogens is 214 g/mol. The summed E-state index contributed by atoms with van der Waals surface area (Å²) < 4.78 is 0. The molecule has 0 bridgehead atoms. The maximum atomic E-state index is 12.3. The first-order valence-corrected chi connectivity index (χ1v) is 6.41. The standard InChI is InChI=1S/C13H29N3O/c1-10(2)12(14-11(3)4)13(17)16(7)9-8-15(5)6/h10-12,14H,8-9H2,1-7H3/t12-/m1/s1. The Morgan fingerprint density at radius 1 is 1.06 bits per heavy atom. The van der Waals surface area contributed by atoms with Gasteiger partial charge in [-0.15, -0.1) is 0 Å². The molecule has 0 rings (SSSR count). The number of carbonyl (C=O) groups excluding carboxylic acids is 1. The van der Waals surface area contributed by atoms with Gasteiger partial charge in [0.2, 0.25) is 5.91 Å². The van der Waals surface area contributed by atoms with Crippen molar-refractivity contribution in [1.82, 2.24) is 15.1 Å². The third kappa shape index (κ3) is 6.64. The third-order valence-electron chi connectivity index (χ3n) is 2.70. The highest BCUT2D eigenvalue weighted by Crippen LogP contribution is 2.06. The van der Waals surface area contributed by atoms with Gasteiger partial charge in [-0.25, -0.2) is 0 Å². The molecule has 0 radical (unpaired) electrons. The van der Waals surface area contributed by atoms with Crippen LogP contribution in [0.25, 0.3) is 0 Å². The van der Waals surface area contributed by atoms with Crippen LogP contribution in [0.2, 0.25) is 0 Å². The van der Waals surface area contributed by atoms with Crippen molar-refractivity contribution in [2.45, 2.75) is 39.8 Å². The minimum atomic E-state index is -0.0813. The van der Waals surface area contributed by atoms with E-state index >= 15 is 0 Å². The molecule has 0 spiro atoms. The van der Waals surface area contributed by atoms with Crippen molar-refractivity contribution in [3.05, 3.63) is 0 Å². The fourth-order valence-corrected chi connectivity index (χ4v) is 1.61. The van der Waals surface area contributed by atoms with Crippen LogP contribution in [0.15, 0.2) is 0 Å². The van der Waals surface area contributed by atoms with Gasteiger partial charge in [-0.2, -0.15) is 0 Å². The summed E-state index contributed by atoms with van der Waals surface area (Å²) in [6.45, 7) is 9.98. The van der Waals surface area contributed by atoms with Crippen LogP contribution in [0.5, 0.6) is 0 Å². The van der Waals surface area contributed by atoms with E-state index in [1.807, 2.05) is 26.0 Å². The fraction of sp³-hybridized carbons (Fsp3) is 0.923. The van der Waals surface area contributed by atoms with Gasteiger partial charge in [0.1, 0.15) is 0 Å². The summed E-state index contributed by atoms with van der Waals surface area (Å²) in [5.74, 6) is 0.502. The molecule has 1 atom stereocenters. The van der Waals surface area contributed by atoms with E-state index in [-0.39, 0.29) is 11.9 Å². The Kier molecular flexibility index (Phi) is 7.39. The lowest BCUT2D eigenvalue weighted by Gasteiger charge is -2.29. The highest BCUT2D eigenvalue weighted by atomic mass is 16.2. The van der Waals surface area contributed by atoms with Gasteiger partial charge in [-0.3, -0.25) is 4.79 Å². The van der Waals surface area contributed by atoms with Gasteiger partial charge in [0, 0.05) is 26.2 Å². The van der Waals surface area contributed by atoms with Crippen molar-refractivity contribution in [3.8, 4) is 0 Å². The Labute approximate surface area is 106 Å². The molecule has 4 nitrogen and oxygen atoms in total. The molecule has 0 aromatic carbocycles. The molecule has 1 N–H and O–H groups in total. The molecule has 0 heterocycles. The average molecular weight is 243 g/mol. The average Bonchev–Trinajstić information content (AvgIpc) is 2.20. The first kappa shape index (κ1) is 16.4. The normalized spacial score (nSPS) is 13.5. The van der Waals surface area contributed by atoms with Crippen LogP contribution in [0.3, 0.4) is 0 Å². The van der Waals surface area contributed by atoms with Crippen LogP contribution in [-0.4, -0.2) is 62.0 Å². The van der Waals surface area contributed by atoms with Gasteiger partial charge >= 0.3 is 0 Å². The Bertz CT molecular complexity index is 227. The monoisotopic (exact) mass is 243 g/mol. The van der Waals surface area contributed by atoms with Crippen molar-refractivity contribution in [2.24, 2.45) is 5.92 Å². The number of hydrogen-bond acceptors (Lipinski definition) is 3. The highest BCUT2D eigenvalue weighted by molar-refractivity contribution is 5.82. The number of amides is 1. The first-order chi connectivity index (χ1) is 7.75. The molecule has 0 aromatic rings. The van der Waals surface area contributed by atoms with Crippen LogP contribution >= 0.6 is 0 Å². The van der Waals surface area contributed by atoms with E-state index in [0.717, 1.165) is 13.1 Å². The Balaban J connectivity index is 4.39. The number of nitrogens with zero attached hydrogens (tertiary/aromatic N) is 2. The quantitative estimate of drug-likeness (QED) is 0.725. The number of carbonyl (C=O) groups is 1. The number of likely N-dealkylation sites (N-methyl/N-ethyl adjacent to an activating group) is 2. The summed E-state index contributed by atoms with van der Waals surface area (Å²) in [7, 11) is 5.92. The summed E-state index contributed by atoms with van der Waals surface area (Å²) in [5, 5.41) is 3.34. The maximum absolute atomic E-state index is 12.3. The predicted octanol–water partition coefficient (Wildman–Crippen LogP) is 1.03. The largest absolute Gasteiger partial charge is 0.343 e. The lowest BCUT2D eigenvalue weighted by atomic mass is 10.0. The van der Waals surface area contributed by atoms with E-state index in [4.69, 9.17) is 0 Å². The van der Waals surface area contributed by atoms with Crippen LogP contribution in [0.1, 0.15) is 27.7 Å². The molecule has 4 heteroatoms. The molecule has 0 fully saturated rings. The Morgan fingerprint density at radius 3 is 1.94 bits per heavy atom. The minimum Gasteiger partial charge on any atom is -0.343 e. The summed E-state index contributed by atoms with van der Waals surface area (Å²) in [6.07, 6.45) is 0. The molecule has 102 valence electrons. The Hall–Kier alpha value is -0.610. The second kappa shape index (κ2) is 7.67. The third-order valence-corrected chi connectivity index (χ3v) is 2.70. The van der Waals surface area contributed by atoms with E-state index in [9.17, 15) is 4.79 Å². The molecule has 0 aromatic heterocycles. The predicted molar refractivity (Wildman–Crippen MR) is 73.1 cm³/mol. The lowest BCUT2D eigenvalue weighted by molar-refractivity contribution is -0.133. The minimum absolute atomic E-state index is 0.0813. The van der Waals surface area contributed by atoms with Gasteiger partial charge in [0.15, 0.2) is 0 Å². The smallest absolute Gasteiger partial charge is 0.239 e. The van der Waals surface area contributed by atoms with Crippen LogP contribution in [-0.2, 0) is 4.79 Å². The molecule has 0 saturated carbocycles. The zero-order chi connectivity index (χ0) is 13.6. The van der Waals surface area contributed by atoms with Gasteiger partial charge in [-0.1, -0.05) is 27.7 Å².